The molecule has 0 spiro atoms. The van der Waals surface area contributed by atoms with Crippen molar-refractivity contribution in [1.82, 2.24) is 0 Å². The number of ether oxygens (including phenoxy) is 2. The molecule has 0 aromatic rings. The summed E-state index contributed by atoms with van der Waals surface area (Å²) in [5.41, 5.74) is -5.59. The molecule has 19 heavy (non-hydrogen) atoms. The molecule has 0 unspecified atom stereocenters. The second-order valence-electron chi connectivity index (χ2n) is 2.98. The van der Waals surface area contributed by atoms with E-state index >= 15 is 0 Å². The van der Waals surface area contributed by atoms with Gasteiger partial charge in [0, 0.05) is 6.61 Å². The van der Waals surface area contributed by atoms with Crippen LogP contribution in [0.4, 0.5) is 13.2 Å². The fraction of sp³-hybridized carbons (Fsp3) is 0.667. The Labute approximate surface area is 108 Å². The van der Waals surface area contributed by atoms with Gasteiger partial charge < -0.3 is 13.7 Å². The van der Waals surface area contributed by atoms with Gasteiger partial charge in [-0.1, -0.05) is 0 Å². The van der Waals surface area contributed by atoms with Gasteiger partial charge in [0.25, 0.3) is 0 Å². The highest BCUT2D eigenvalue weighted by atomic mass is 32.2. The Kier molecular flexibility index (Phi) is 6.84. The van der Waals surface area contributed by atoms with Crippen LogP contribution in [-0.2, 0) is 28.6 Å². The van der Waals surface area contributed by atoms with Crippen molar-refractivity contribution in [3.05, 3.63) is 11.8 Å². The summed E-state index contributed by atoms with van der Waals surface area (Å²) < 4.78 is 70.8. The van der Waals surface area contributed by atoms with Crippen LogP contribution < -0.4 is 0 Å². The van der Waals surface area contributed by atoms with E-state index in [1.54, 1.807) is 0 Å². The molecule has 0 radical (unpaired) electrons. The first-order valence-corrected chi connectivity index (χ1v) is 6.50. The molecule has 0 saturated carbocycles. The van der Waals surface area contributed by atoms with Crippen LogP contribution in [0.15, 0.2) is 11.8 Å². The number of hydrogen-bond acceptors (Lipinski definition) is 6. The number of halogens is 3. The molecule has 6 nitrogen and oxygen atoms in total. The van der Waals surface area contributed by atoms with Gasteiger partial charge in [0.2, 0.25) is 0 Å². The van der Waals surface area contributed by atoms with Gasteiger partial charge in [0.15, 0.2) is 5.76 Å². The average Bonchev–Trinajstić information content (AvgIpc) is 2.24. The Bertz CT molecular complexity index is 426. The molecule has 0 rings (SSSR count). The minimum Gasteiger partial charge on any atom is -0.463 e. The standard InChI is InChI=1S/C9H13F3O6S/c1-3-16-6-7(5-8(13)17-4-2)18-19(14,15)9(10,11)12/h5H,3-4,6H2,1-2H3/b7-5-. The van der Waals surface area contributed by atoms with E-state index in [9.17, 15) is 26.4 Å². The molecule has 0 aliphatic carbocycles. The smallest absolute Gasteiger partial charge is 0.463 e. The molecule has 0 aliphatic heterocycles. The van der Waals surface area contributed by atoms with Gasteiger partial charge in [0.05, 0.1) is 12.7 Å². The monoisotopic (exact) mass is 306 g/mol. The van der Waals surface area contributed by atoms with E-state index < -0.39 is 34.0 Å². The second kappa shape index (κ2) is 7.34. The van der Waals surface area contributed by atoms with E-state index in [-0.39, 0.29) is 13.2 Å². The van der Waals surface area contributed by atoms with Crippen molar-refractivity contribution in [3.63, 3.8) is 0 Å². The van der Waals surface area contributed by atoms with E-state index in [4.69, 9.17) is 4.74 Å². The Balaban J connectivity index is 5.03. The van der Waals surface area contributed by atoms with Gasteiger partial charge in [-0.15, -0.1) is 0 Å². The van der Waals surface area contributed by atoms with Gasteiger partial charge >= 0.3 is 21.6 Å². The van der Waals surface area contributed by atoms with Crippen LogP contribution in [0.5, 0.6) is 0 Å². The van der Waals surface area contributed by atoms with Crippen LogP contribution in [0.1, 0.15) is 13.8 Å². The number of esters is 1. The van der Waals surface area contributed by atoms with Crippen molar-refractivity contribution < 1.29 is 40.0 Å². The Hall–Kier alpha value is -1.29. The van der Waals surface area contributed by atoms with Crippen molar-refractivity contribution >= 4 is 16.1 Å². The first kappa shape index (κ1) is 17.7. The molecule has 112 valence electrons. The number of hydrogen-bond donors (Lipinski definition) is 0. The van der Waals surface area contributed by atoms with E-state index in [1.165, 1.54) is 13.8 Å². The highest BCUT2D eigenvalue weighted by Gasteiger charge is 2.48. The van der Waals surface area contributed by atoms with Crippen LogP contribution in [0.25, 0.3) is 0 Å². The Morgan fingerprint density at radius 1 is 1.21 bits per heavy atom. The topological polar surface area (TPSA) is 78.9 Å². The highest BCUT2D eigenvalue weighted by molar-refractivity contribution is 7.87. The fourth-order valence-corrected chi connectivity index (χ4v) is 1.27. The molecule has 0 fully saturated rings. The molecule has 0 heterocycles. The second-order valence-corrected chi connectivity index (χ2v) is 4.52. The maximum Gasteiger partial charge on any atom is 0.534 e. The average molecular weight is 306 g/mol. The first-order valence-electron chi connectivity index (χ1n) is 5.09. The predicted octanol–water partition coefficient (Wildman–Crippen LogP) is 1.34. The van der Waals surface area contributed by atoms with Crippen molar-refractivity contribution in [3.8, 4) is 0 Å². The summed E-state index contributed by atoms with van der Waals surface area (Å²) in [6.45, 7) is 2.46. The molecule has 0 bridgehead atoms. The van der Waals surface area contributed by atoms with Crippen LogP contribution in [0.3, 0.4) is 0 Å². The van der Waals surface area contributed by atoms with Crippen molar-refractivity contribution in [1.29, 1.82) is 0 Å². The zero-order valence-corrected chi connectivity index (χ0v) is 11.0. The maximum absolute atomic E-state index is 12.1. The lowest BCUT2D eigenvalue weighted by Crippen LogP contribution is -2.26. The lowest BCUT2D eigenvalue weighted by molar-refractivity contribution is -0.137. The minimum absolute atomic E-state index is 0.0245. The number of carbonyl (C=O) groups is 1. The molecular formula is C9H13F3O6S. The van der Waals surface area contributed by atoms with Gasteiger partial charge in [-0.05, 0) is 13.8 Å². The zero-order valence-electron chi connectivity index (χ0n) is 10.2. The summed E-state index contributed by atoms with van der Waals surface area (Å²) in [6.07, 6.45) is 0.489. The van der Waals surface area contributed by atoms with Gasteiger partial charge in [-0.2, -0.15) is 21.6 Å². The quantitative estimate of drug-likeness (QED) is 0.232. The molecule has 0 atom stereocenters. The van der Waals surface area contributed by atoms with Gasteiger partial charge in [0.1, 0.15) is 6.61 Å². The number of alkyl halides is 3. The molecule has 0 aliphatic rings. The van der Waals surface area contributed by atoms with E-state index in [0.717, 1.165) is 0 Å². The fourth-order valence-electron chi connectivity index (χ4n) is 0.796. The number of carbonyl (C=O) groups excluding carboxylic acids is 1. The largest absolute Gasteiger partial charge is 0.534 e. The first-order chi connectivity index (χ1) is 8.64. The van der Waals surface area contributed by atoms with E-state index in [1.807, 2.05) is 0 Å². The molecule has 0 amide bonds. The van der Waals surface area contributed by atoms with Crippen molar-refractivity contribution in [2.24, 2.45) is 0 Å². The molecular weight excluding hydrogens is 293 g/mol. The molecule has 10 heteroatoms. The SMILES string of the molecule is CCOC/C(=C/C(=O)OCC)OS(=O)(=O)C(F)(F)F. The van der Waals surface area contributed by atoms with Crippen LogP contribution >= 0.6 is 0 Å². The third kappa shape index (κ3) is 6.43. The summed E-state index contributed by atoms with van der Waals surface area (Å²) in [6, 6.07) is 0. The summed E-state index contributed by atoms with van der Waals surface area (Å²) in [4.78, 5) is 11.0. The third-order valence-electron chi connectivity index (χ3n) is 1.51. The van der Waals surface area contributed by atoms with Gasteiger partial charge in [-0.3, -0.25) is 0 Å². The van der Waals surface area contributed by atoms with E-state index in [2.05, 4.69) is 8.92 Å². The van der Waals surface area contributed by atoms with Crippen LogP contribution in [-0.4, -0.2) is 39.7 Å². The minimum atomic E-state index is -5.84. The summed E-state index contributed by atoms with van der Waals surface area (Å²) in [5, 5.41) is 0. The lowest BCUT2D eigenvalue weighted by Gasteiger charge is -2.12. The maximum atomic E-state index is 12.1. The zero-order chi connectivity index (χ0) is 15.1. The summed E-state index contributed by atoms with van der Waals surface area (Å²) in [5.74, 6) is -1.84. The molecule has 0 aromatic carbocycles. The van der Waals surface area contributed by atoms with E-state index in [0.29, 0.717) is 6.08 Å². The van der Waals surface area contributed by atoms with Gasteiger partial charge in [-0.25, -0.2) is 4.79 Å². The van der Waals surface area contributed by atoms with Crippen molar-refractivity contribution in [2.75, 3.05) is 19.8 Å². The third-order valence-corrected chi connectivity index (χ3v) is 2.51. The summed E-state index contributed by atoms with van der Waals surface area (Å²) in [7, 11) is -5.84. The predicted molar refractivity (Wildman–Crippen MR) is 57.3 cm³/mol. The van der Waals surface area contributed by atoms with Crippen LogP contribution in [0.2, 0.25) is 0 Å². The number of rotatable bonds is 7. The lowest BCUT2D eigenvalue weighted by atomic mass is 10.4. The van der Waals surface area contributed by atoms with Crippen molar-refractivity contribution in [2.45, 2.75) is 19.4 Å². The van der Waals surface area contributed by atoms with Crippen LogP contribution in [0, 0.1) is 0 Å². The molecule has 0 aromatic heterocycles. The highest BCUT2D eigenvalue weighted by Crippen LogP contribution is 2.26. The molecule has 0 saturated heterocycles. The molecule has 0 N–H and O–H groups in total. The Morgan fingerprint density at radius 3 is 2.21 bits per heavy atom. The summed E-state index contributed by atoms with van der Waals surface area (Å²) >= 11 is 0. The Morgan fingerprint density at radius 2 is 1.79 bits per heavy atom. The normalized spacial score (nSPS) is 13.2.